The first-order valence-electron chi connectivity index (χ1n) is 7.51. The molecule has 0 saturated heterocycles. The predicted octanol–water partition coefficient (Wildman–Crippen LogP) is 4.38. The van der Waals surface area contributed by atoms with Crippen LogP contribution < -0.4 is 0 Å². The first-order chi connectivity index (χ1) is 11.3. The molecule has 0 fully saturated rings. The number of ether oxygens (including phenoxy) is 1. The molecule has 0 spiro atoms. The third-order valence-corrected chi connectivity index (χ3v) is 3.59. The van der Waals surface area contributed by atoms with Crippen LogP contribution >= 0.6 is 12.4 Å². The zero-order valence-corrected chi connectivity index (χ0v) is 13.9. The number of hydrogen-bond donors (Lipinski definition) is 0. The highest BCUT2D eigenvalue weighted by Gasteiger charge is 2.24. The fourth-order valence-electron chi connectivity index (χ4n) is 2.47. The second-order valence-electron chi connectivity index (χ2n) is 5.18. The van der Waals surface area contributed by atoms with Crippen molar-refractivity contribution in [3.05, 3.63) is 102 Å². The van der Waals surface area contributed by atoms with Gasteiger partial charge in [0.1, 0.15) is 12.5 Å². The van der Waals surface area contributed by atoms with E-state index in [-0.39, 0.29) is 25.0 Å². The third kappa shape index (κ3) is 4.43. The van der Waals surface area contributed by atoms with Crippen molar-refractivity contribution in [1.29, 1.82) is 0 Å². The van der Waals surface area contributed by atoms with E-state index in [1.54, 1.807) is 6.20 Å². The highest BCUT2D eigenvalue weighted by Crippen LogP contribution is 2.26. The van der Waals surface area contributed by atoms with E-state index in [9.17, 15) is 4.79 Å². The lowest BCUT2D eigenvalue weighted by Gasteiger charge is -2.17. The molecule has 0 bridgehead atoms. The van der Waals surface area contributed by atoms with E-state index in [2.05, 4.69) is 4.98 Å². The quantitative estimate of drug-likeness (QED) is 0.647. The summed E-state index contributed by atoms with van der Waals surface area (Å²) in [6.45, 7) is 0.176. The Morgan fingerprint density at radius 3 is 1.88 bits per heavy atom. The summed E-state index contributed by atoms with van der Waals surface area (Å²) in [4.78, 5) is 16.8. The monoisotopic (exact) mass is 339 g/mol. The Morgan fingerprint density at radius 2 is 1.38 bits per heavy atom. The van der Waals surface area contributed by atoms with E-state index in [0.717, 1.165) is 16.8 Å². The Balaban J connectivity index is 0.00000208. The molecule has 24 heavy (non-hydrogen) atoms. The van der Waals surface area contributed by atoms with Gasteiger partial charge in [-0.3, -0.25) is 9.78 Å². The van der Waals surface area contributed by atoms with Gasteiger partial charge in [0.15, 0.2) is 0 Å². The topological polar surface area (TPSA) is 39.2 Å². The first kappa shape index (κ1) is 17.7. The molecule has 2 aromatic carbocycles. The van der Waals surface area contributed by atoms with Crippen LogP contribution in [0.4, 0.5) is 0 Å². The van der Waals surface area contributed by atoms with Gasteiger partial charge >= 0.3 is 5.97 Å². The number of carbonyl (C=O) groups is 1. The standard InChI is InChI=1S/C20H17NO2.ClH/c22-20(23-15-18-13-7-8-14-21-18)19(16-9-3-1-4-10-16)17-11-5-2-6-12-17;/h1-14,19H,15H2;1H. The van der Waals surface area contributed by atoms with Gasteiger partial charge in [-0.2, -0.15) is 0 Å². The van der Waals surface area contributed by atoms with Gasteiger partial charge < -0.3 is 4.74 Å². The lowest BCUT2D eigenvalue weighted by Crippen LogP contribution is -2.17. The number of rotatable bonds is 5. The van der Waals surface area contributed by atoms with Gasteiger partial charge in [-0.15, -0.1) is 12.4 Å². The van der Waals surface area contributed by atoms with Crippen LogP contribution in [0.2, 0.25) is 0 Å². The average Bonchev–Trinajstić information content (AvgIpc) is 2.63. The molecule has 0 atom stereocenters. The minimum absolute atomic E-state index is 0. The Bertz CT molecular complexity index is 709. The van der Waals surface area contributed by atoms with Crippen molar-refractivity contribution >= 4 is 18.4 Å². The van der Waals surface area contributed by atoms with E-state index < -0.39 is 5.92 Å². The number of nitrogens with zero attached hydrogens (tertiary/aromatic N) is 1. The highest BCUT2D eigenvalue weighted by molar-refractivity contribution is 5.85. The fourth-order valence-corrected chi connectivity index (χ4v) is 2.47. The van der Waals surface area contributed by atoms with Crippen LogP contribution in [-0.2, 0) is 16.1 Å². The Morgan fingerprint density at radius 1 is 0.833 bits per heavy atom. The summed E-state index contributed by atoms with van der Waals surface area (Å²) in [6, 6.07) is 24.9. The summed E-state index contributed by atoms with van der Waals surface area (Å²) < 4.78 is 5.50. The molecule has 0 saturated carbocycles. The van der Waals surface area contributed by atoms with Crippen molar-refractivity contribution in [3.8, 4) is 0 Å². The van der Waals surface area contributed by atoms with Crippen molar-refractivity contribution in [2.75, 3.05) is 0 Å². The number of pyridine rings is 1. The molecule has 0 unspecified atom stereocenters. The van der Waals surface area contributed by atoms with E-state index in [1.165, 1.54) is 0 Å². The minimum Gasteiger partial charge on any atom is -0.458 e. The molecule has 122 valence electrons. The van der Waals surface area contributed by atoms with Crippen LogP contribution in [0.15, 0.2) is 85.1 Å². The Kier molecular flexibility index (Phi) is 6.52. The van der Waals surface area contributed by atoms with Crippen LogP contribution in [-0.4, -0.2) is 11.0 Å². The van der Waals surface area contributed by atoms with Crippen LogP contribution in [0.1, 0.15) is 22.7 Å². The summed E-state index contributed by atoms with van der Waals surface area (Å²) in [5.74, 6) is -0.700. The van der Waals surface area contributed by atoms with Gasteiger partial charge in [0.25, 0.3) is 0 Å². The van der Waals surface area contributed by atoms with Gasteiger partial charge in [0.05, 0.1) is 5.69 Å². The molecule has 1 aromatic heterocycles. The van der Waals surface area contributed by atoms with E-state index in [0.29, 0.717) is 0 Å². The summed E-state index contributed by atoms with van der Waals surface area (Å²) in [5, 5.41) is 0. The van der Waals surface area contributed by atoms with Crippen molar-refractivity contribution in [3.63, 3.8) is 0 Å². The molecule has 0 amide bonds. The van der Waals surface area contributed by atoms with Gasteiger partial charge in [0.2, 0.25) is 0 Å². The lowest BCUT2D eigenvalue weighted by molar-refractivity contribution is -0.145. The minimum atomic E-state index is -0.430. The first-order valence-corrected chi connectivity index (χ1v) is 7.51. The average molecular weight is 340 g/mol. The predicted molar refractivity (Wildman–Crippen MR) is 96.0 cm³/mol. The molecule has 0 aliphatic carbocycles. The molecular weight excluding hydrogens is 322 g/mol. The van der Waals surface area contributed by atoms with Crippen LogP contribution in [0, 0.1) is 0 Å². The normalized spacial score (nSPS) is 10.0. The lowest BCUT2D eigenvalue weighted by atomic mass is 9.91. The van der Waals surface area contributed by atoms with Crippen molar-refractivity contribution in [2.45, 2.75) is 12.5 Å². The van der Waals surface area contributed by atoms with Crippen molar-refractivity contribution in [2.24, 2.45) is 0 Å². The number of halogens is 1. The van der Waals surface area contributed by atoms with Gasteiger partial charge in [-0.05, 0) is 23.3 Å². The number of carbonyl (C=O) groups excluding carboxylic acids is 1. The van der Waals surface area contributed by atoms with Gasteiger partial charge in [-0.1, -0.05) is 66.7 Å². The van der Waals surface area contributed by atoms with E-state index in [4.69, 9.17) is 4.74 Å². The second kappa shape index (κ2) is 8.85. The summed E-state index contributed by atoms with van der Waals surface area (Å²) in [5.41, 5.74) is 2.58. The van der Waals surface area contributed by atoms with Gasteiger partial charge in [0, 0.05) is 6.20 Å². The molecule has 3 rings (SSSR count). The zero-order chi connectivity index (χ0) is 15.9. The maximum Gasteiger partial charge on any atom is 0.318 e. The van der Waals surface area contributed by atoms with Crippen molar-refractivity contribution < 1.29 is 9.53 Å². The summed E-state index contributed by atoms with van der Waals surface area (Å²) in [7, 11) is 0. The second-order valence-corrected chi connectivity index (χ2v) is 5.18. The molecule has 0 aliphatic heterocycles. The van der Waals surface area contributed by atoms with Crippen LogP contribution in [0.3, 0.4) is 0 Å². The maximum absolute atomic E-state index is 12.7. The number of hydrogen-bond acceptors (Lipinski definition) is 3. The SMILES string of the molecule is Cl.O=C(OCc1ccccn1)C(c1ccccc1)c1ccccc1. The van der Waals surface area contributed by atoms with E-state index >= 15 is 0 Å². The van der Waals surface area contributed by atoms with Crippen LogP contribution in [0.25, 0.3) is 0 Å². The molecular formula is C20H18ClNO2. The Labute approximate surface area is 147 Å². The molecule has 4 heteroatoms. The highest BCUT2D eigenvalue weighted by atomic mass is 35.5. The number of esters is 1. The summed E-state index contributed by atoms with van der Waals surface area (Å²) >= 11 is 0. The smallest absolute Gasteiger partial charge is 0.318 e. The molecule has 0 aliphatic rings. The van der Waals surface area contributed by atoms with Crippen molar-refractivity contribution in [1.82, 2.24) is 4.98 Å². The molecule has 3 nitrogen and oxygen atoms in total. The molecule has 0 N–H and O–H groups in total. The Hall–Kier alpha value is -2.65. The molecule has 1 heterocycles. The fraction of sp³-hybridized carbons (Fsp3) is 0.100. The molecule has 3 aromatic rings. The molecule has 0 radical (unpaired) electrons. The zero-order valence-electron chi connectivity index (χ0n) is 13.0. The largest absolute Gasteiger partial charge is 0.458 e. The van der Waals surface area contributed by atoms with Gasteiger partial charge in [-0.25, -0.2) is 0 Å². The number of benzene rings is 2. The third-order valence-electron chi connectivity index (χ3n) is 3.59. The van der Waals surface area contributed by atoms with Crippen LogP contribution in [0.5, 0.6) is 0 Å². The van der Waals surface area contributed by atoms with E-state index in [1.807, 2.05) is 78.9 Å². The summed E-state index contributed by atoms with van der Waals surface area (Å²) in [6.07, 6.45) is 1.69. The number of aromatic nitrogens is 1. The maximum atomic E-state index is 12.7.